The van der Waals surface area contributed by atoms with Gasteiger partial charge in [0.1, 0.15) is 5.69 Å². The fourth-order valence-electron chi connectivity index (χ4n) is 3.20. The molecule has 0 fully saturated rings. The van der Waals surface area contributed by atoms with E-state index in [-0.39, 0.29) is 16.3 Å². The fourth-order valence-corrected chi connectivity index (χ4v) is 3.37. The van der Waals surface area contributed by atoms with Crippen molar-refractivity contribution in [2.45, 2.75) is 19.2 Å². The second-order valence-electron chi connectivity index (χ2n) is 7.28. The zero-order valence-electron chi connectivity index (χ0n) is 17.5. The van der Waals surface area contributed by atoms with E-state index >= 15 is 0 Å². The Balaban J connectivity index is 1.57. The third kappa shape index (κ3) is 4.89. The number of aromatic nitrogens is 1. The summed E-state index contributed by atoms with van der Waals surface area (Å²) in [5.74, 6) is -1.23. The Morgan fingerprint density at radius 3 is 2.56 bits per heavy atom. The Labute approximate surface area is 196 Å². The molecule has 2 aromatic heterocycles. The zero-order valence-corrected chi connectivity index (χ0v) is 18.3. The highest BCUT2D eigenvalue weighted by atomic mass is 35.5. The number of esters is 1. The molecule has 10 heteroatoms. The second-order valence-corrected chi connectivity index (χ2v) is 7.69. The maximum atomic E-state index is 13.0. The number of furan rings is 1. The summed E-state index contributed by atoms with van der Waals surface area (Å²) < 4.78 is 49.6. The number of para-hydroxylation sites is 1. The summed E-state index contributed by atoms with van der Waals surface area (Å²) in [6.45, 7) is 1.30. The second kappa shape index (κ2) is 9.18. The molecule has 1 amide bonds. The molecule has 4 aromatic rings. The molecule has 0 spiro atoms. The third-order valence-corrected chi connectivity index (χ3v) is 5.24. The van der Waals surface area contributed by atoms with Gasteiger partial charge in [-0.05, 0) is 49.4 Å². The number of hydrogen-bond acceptors (Lipinski definition) is 5. The highest BCUT2D eigenvalue weighted by Crippen LogP contribution is 2.34. The van der Waals surface area contributed by atoms with Gasteiger partial charge in [0.25, 0.3) is 5.91 Å². The highest BCUT2D eigenvalue weighted by molar-refractivity contribution is 6.33. The first-order valence-electron chi connectivity index (χ1n) is 9.96. The van der Waals surface area contributed by atoms with Crippen LogP contribution in [0, 0.1) is 0 Å². The smallest absolute Gasteiger partial charge is 0.416 e. The number of rotatable bonds is 5. The first kappa shape index (κ1) is 23.3. The van der Waals surface area contributed by atoms with Crippen LogP contribution in [0.2, 0.25) is 5.02 Å². The Hall–Kier alpha value is -3.85. The summed E-state index contributed by atoms with van der Waals surface area (Å²) in [5.41, 5.74) is -0.183. The molecule has 0 aliphatic heterocycles. The van der Waals surface area contributed by atoms with Crippen LogP contribution < -0.4 is 5.32 Å². The lowest BCUT2D eigenvalue weighted by molar-refractivity contribution is -0.137. The van der Waals surface area contributed by atoms with Crippen molar-refractivity contribution in [3.8, 4) is 11.5 Å². The number of nitrogens with zero attached hydrogens (tertiary/aromatic N) is 1. The van der Waals surface area contributed by atoms with Gasteiger partial charge in [-0.1, -0.05) is 29.8 Å². The first-order chi connectivity index (χ1) is 16.1. The number of anilines is 1. The predicted molar refractivity (Wildman–Crippen MR) is 119 cm³/mol. The van der Waals surface area contributed by atoms with E-state index in [1.807, 2.05) is 0 Å². The monoisotopic (exact) mass is 488 g/mol. The minimum atomic E-state index is -4.61. The number of alkyl halides is 3. The summed E-state index contributed by atoms with van der Waals surface area (Å²) in [6.07, 6.45) is -4.48. The summed E-state index contributed by atoms with van der Waals surface area (Å²) >= 11 is 5.92. The molecule has 0 saturated carbocycles. The van der Waals surface area contributed by atoms with Crippen LogP contribution in [0.25, 0.3) is 22.4 Å². The molecule has 174 valence electrons. The third-order valence-electron chi connectivity index (χ3n) is 4.91. The summed E-state index contributed by atoms with van der Waals surface area (Å²) in [5, 5.41) is 2.68. The molecule has 6 nitrogen and oxygen atoms in total. The van der Waals surface area contributed by atoms with Crippen LogP contribution in [-0.4, -0.2) is 23.0 Å². The van der Waals surface area contributed by atoms with Gasteiger partial charge in [0.2, 0.25) is 0 Å². The van der Waals surface area contributed by atoms with E-state index in [4.69, 9.17) is 20.8 Å². The molecule has 4 rings (SSSR count). The lowest BCUT2D eigenvalue weighted by atomic mass is 10.1. The first-order valence-corrected chi connectivity index (χ1v) is 10.3. The van der Waals surface area contributed by atoms with Gasteiger partial charge in [-0.15, -0.1) is 0 Å². The molecule has 2 heterocycles. The lowest BCUT2D eigenvalue weighted by Crippen LogP contribution is -2.30. The number of carbonyl (C=O) groups excluding carboxylic acids is 2. The van der Waals surface area contributed by atoms with Crippen LogP contribution in [0.5, 0.6) is 0 Å². The van der Waals surface area contributed by atoms with Gasteiger partial charge in [0.15, 0.2) is 11.9 Å². The minimum absolute atomic E-state index is 0.0944. The molecule has 0 bridgehead atoms. The minimum Gasteiger partial charge on any atom is -0.463 e. The highest BCUT2D eigenvalue weighted by Gasteiger charge is 2.31. The topological polar surface area (TPSA) is 81.4 Å². The fraction of sp³-hybridized carbons (Fsp3) is 0.125. The van der Waals surface area contributed by atoms with Crippen molar-refractivity contribution < 1.29 is 31.9 Å². The van der Waals surface area contributed by atoms with Gasteiger partial charge in [-0.3, -0.25) is 4.79 Å². The van der Waals surface area contributed by atoms with Crippen LogP contribution in [0.3, 0.4) is 0 Å². The number of pyridine rings is 1. The van der Waals surface area contributed by atoms with Crippen LogP contribution in [0.4, 0.5) is 18.9 Å². The van der Waals surface area contributed by atoms with Crippen LogP contribution in [0.1, 0.15) is 22.8 Å². The van der Waals surface area contributed by atoms with Crippen molar-refractivity contribution in [2.75, 3.05) is 5.32 Å². The molecule has 0 aliphatic carbocycles. The maximum absolute atomic E-state index is 13.0. The number of amides is 1. The van der Waals surface area contributed by atoms with Crippen molar-refractivity contribution in [3.63, 3.8) is 0 Å². The van der Waals surface area contributed by atoms with E-state index in [1.165, 1.54) is 19.3 Å². The number of ether oxygens (including phenoxy) is 1. The Kier molecular flexibility index (Phi) is 6.30. The van der Waals surface area contributed by atoms with Gasteiger partial charge in [0.05, 0.1) is 33.6 Å². The summed E-state index contributed by atoms with van der Waals surface area (Å²) in [4.78, 5) is 30.0. The number of nitrogens with one attached hydrogen (secondary N) is 1. The molecule has 0 aliphatic rings. The predicted octanol–water partition coefficient (Wildman–Crippen LogP) is 6.35. The molecule has 2 aromatic carbocycles. The van der Waals surface area contributed by atoms with E-state index < -0.39 is 29.7 Å². The van der Waals surface area contributed by atoms with Gasteiger partial charge >= 0.3 is 12.1 Å². The van der Waals surface area contributed by atoms with E-state index in [0.29, 0.717) is 28.4 Å². The standard InChI is InChI=1S/C24H16ClF3N2O4/c1-13(22(31)30-19-11-14(24(26,27)28)8-9-17(19)25)34-23(32)16-12-20(21-7-4-10-33-21)29-18-6-3-2-5-15(16)18/h2-13H,1H3,(H,30,31)/t13-/m0/s1. The van der Waals surface area contributed by atoms with E-state index in [1.54, 1.807) is 36.4 Å². The van der Waals surface area contributed by atoms with Gasteiger partial charge < -0.3 is 14.5 Å². The number of carbonyl (C=O) groups is 2. The quantitative estimate of drug-likeness (QED) is 0.331. The lowest BCUT2D eigenvalue weighted by Gasteiger charge is -2.16. The largest absolute Gasteiger partial charge is 0.463 e. The van der Waals surface area contributed by atoms with Crippen molar-refractivity contribution in [1.82, 2.24) is 4.98 Å². The van der Waals surface area contributed by atoms with Crippen molar-refractivity contribution in [2.24, 2.45) is 0 Å². The number of fused-ring (bicyclic) bond motifs is 1. The van der Waals surface area contributed by atoms with Gasteiger partial charge in [-0.25, -0.2) is 9.78 Å². The molecular weight excluding hydrogens is 473 g/mol. The normalized spacial score (nSPS) is 12.4. The molecule has 34 heavy (non-hydrogen) atoms. The average Bonchev–Trinajstić information content (AvgIpc) is 3.34. The van der Waals surface area contributed by atoms with Crippen LogP contribution in [-0.2, 0) is 15.7 Å². The maximum Gasteiger partial charge on any atom is 0.416 e. The van der Waals surface area contributed by atoms with Crippen molar-refractivity contribution >= 4 is 40.1 Å². The zero-order chi connectivity index (χ0) is 24.5. The molecule has 0 unspecified atom stereocenters. The number of benzene rings is 2. The van der Waals surface area contributed by atoms with Gasteiger partial charge in [-0.2, -0.15) is 13.2 Å². The SMILES string of the molecule is C[C@H](OC(=O)c1cc(-c2ccco2)nc2ccccc12)C(=O)Nc1cc(C(F)(F)F)ccc1Cl. The Bertz CT molecular complexity index is 1370. The van der Waals surface area contributed by atoms with Gasteiger partial charge in [0, 0.05) is 5.39 Å². The molecular formula is C24H16ClF3N2O4. The Morgan fingerprint density at radius 1 is 1.09 bits per heavy atom. The molecule has 0 radical (unpaired) electrons. The summed E-state index contributed by atoms with van der Waals surface area (Å²) in [7, 11) is 0. The molecule has 1 N–H and O–H groups in total. The van der Waals surface area contributed by atoms with Crippen LogP contribution >= 0.6 is 11.6 Å². The number of hydrogen-bond donors (Lipinski definition) is 1. The van der Waals surface area contributed by atoms with Crippen molar-refractivity contribution in [3.05, 3.63) is 83.1 Å². The number of halogens is 4. The van der Waals surface area contributed by atoms with E-state index in [9.17, 15) is 22.8 Å². The van der Waals surface area contributed by atoms with E-state index in [2.05, 4.69) is 10.3 Å². The average molecular weight is 489 g/mol. The van der Waals surface area contributed by atoms with Crippen LogP contribution in [0.15, 0.2) is 71.3 Å². The molecule has 1 atom stereocenters. The molecule has 0 saturated heterocycles. The van der Waals surface area contributed by atoms with Crippen molar-refractivity contribution in [1.29, 1.82) is 0 Å². The van der Waals surface area contributed by atoms with E-state index in [0.717, 1.165) is 12.1 Å². The Morgan fingerprint density at radius 2 is 1.85 bits per heavy atom. The summed E-state index contributed by atoms with van der Waals surface area (Å²) in [6, 6.07) is 14.2.